The number of hydrogen-bond donors (Lipinski definition) is 2. The number of aliphatic imine (C=N–C) groups is 1. The first-order chi connectivity index (χ1) is 9.91. The SMILES string of the molecule is CCNC(=NCC1(C(=O)N(C)C)CCCC1)NCC(F)F. The summed E-state index contributed by atoms with van der Waals surface area (Å²) in [6.07, 6.45) is 1.20. The van der Waals surface area contributed by atoms with Crippen LogP contribution in [0.4, 0.5) is 8.78 Å². The average molecular weight is 304 g/mol. The van der Waals surface area contributed by atoms with Crippen molar-refractivity contribution in [3.8, 4) is 0 Å². The molecule has 0 aliphatic heterocycles. The minimum Gasteiger partial charge on any atom is -0.357 e. The lowest BCUT2D eigenvalue weighted by molar-refractivity contribution is -0.138. The molecule has 1 amide bonds. The normalized spacial score (nSPS) is 17.9. The Morgan fingerprint density at radius 1 is 1.29 bits per heavy atom. The number of guanidine groups is 1. The van der Waals surface area contributed by atoms with Crippen molar-refractivity contribution in [1.29, 1.82) is 0 Å². The molecule has 1 saturated carbocycles. The second kappa shape index (κ2) is 8.14. The molecule has 0 aromatic carbocycles. The molecule has 1 aliphatic carbocycles. The Balaban J connectivity index is 2.76. The van der Waals surface area contributed by atoms with Gasteiger partial charge in [0.15, 0.2) is 5.96 Å². The summed E-state index contributed by atoms with van der Waals surface area (Å²) < 4.78 is 24.6. The van der Waals surface area contributed by atoms with Crippen molar-refractivity contribution in [1.82, 2.24) is 15.5 Å². The quantitative estimate of drug-likeness (QED) is 0.577. The Kier molecular flexibility index (Phi) is 6.84. The van der Waals surface area contributed by atoms with E-state index in [0.717, 1.165) is 25.7 Å². The van der Waals surface area contributed by atoms with Gasteiger partial charge in [-0.05, 0) is 19.8 Å². The van der Waals surface area contributed by atoms with Crippen LogP contribution in [0.2, 0.25) is 0 Å². The first-order valence-electron chi connectivity index (χ1n) is 7.43. The number of alkyl halides is 2. The van der Waals surface area contributed by atoms with Gasteiger partial charge in [0.1, 0.15) is 0 Å². The minimum absolute atomic E-state index is 0.0773. The molecule has 0 unspecified atom stereocenters. The highest BCUT2D eigenvalue weighted by atomic mass is 19.3. The summed E-state index contributed by atoms with van der Waals surface area (Å²) in [5.41, 5.74) is -0.476. The number of carbonyl (C=O) groups excluding carboxylic acids is 1. The van der Waals surface area contributed by atoms with Crippen LogP contribution in [-0.2, 0) is 4.79 Å². The molecule has 0 heterocycles. The molecule has 0 bridgehead atoms. The Labute approximate surface area is 125 Å². The smallest absolute Gasteiger partial charge is 0.255 e. The van der Waals surface area contributed by atoms with Gasteiger partial charge in [-0.15, -0.1) is 0 Å². The van der Waals surface area contributed by atoms with Crippen LogP contribution in [-0.4, -0.2) is 56.9 Å². The highest BCUT2D eigenvalue weighted by Crippen LogP contribution is 2.39. The van der Waals surface area contributed by atoms with Gasteiger partial charge in [0.2, 0.25) is 5.91 Å². The summed E-state index contributed by atoms with van der Waals surface area (Å²) >= 11 is 0. The fourth-order valence-electron chi connectivity index (χ4n) is 2.71. The van der Waals surface area contributed by atoms with Crippen LogP contribution < -0.4 is 10.6 Å². The second-order valence-electron chi connectivity index (χ2n) is 5.65. The van der Waals surface area contributed by atoms with Crippen LogP contribution >= 0.6 is 0 Å². The molecule has 0 saturated heterocycles. The van der Waals surface area contributed by atoms with Crippen LogP contribution in [0.15, 0.2) is 4.99 Å². The van der Waals surface area contributed by atoms with Gasteiger partial charge in [-0.2, -0.15) is 0 Å². The Morgan fingerprint density at radius 3 is 2.38 bits per heavy atom. The molecule has 0 aromatic rings. The lowest BCUT2D eigenvalue weighted by Crippen LogP contribution is -2.43. The number of nitrogens with zero attached hydrogens (tertiary/aromatic N) is 2. The number of nitrogens with one attached hydrogen (secondary N) is 2. The third-order valence-electron chi connectivity index (χ3n) is 3.73. The van der Waals surface area contributed by atoms with Crippen molar-refractivity contribution in [2.45, 2.75) is 39.0 Å². The highest BCUT2D eigenvalue weighted by Gasteiger charge is 2.42. The zero-order chi connectivity index (χ0) is 15.9. The van der Waals surface area contributed by atoms with Gasteiger partial charge in [-0.3, -0.25) is 9.79 Å². The fraction of sp³-hybridized carbons (Fsp3) is 0.857. The first kappa shape index (κ1) is 17.7. The lowest BCUT2D eigenvalue weighted by Gasteiger charge is -2.29. The molecule has 0 radical (unpaired) electrons. The predicted molar refractivity (Wildman–Crippen MR) is 79.6 cm³/mol. The predicted octanol–water partition coefficient (Wildman–Crippen LogP) is 1.46. The van der Waals surface area contributed by atoms with Crippen LogP contribution in [0.5, 0.6) is 0 Å². The third kappa shape index (κ3) is 5.13. The molecule has 7 heteroatoms. The van der Waals surface area contributed by atoms with Crippen molar-refractivity contribution >= 4 is 11.9 Å². The van der Waals surface area contributed by atoms with E-state index >= 15 is 0 Å². The molecule has 21 heavy (non-hydrogen) atoms. The topological polar surface area (TPSA) is 56.7 Å². The molecule has 1 fully saturated rings. The van der Waals surface area contributed by atoms with Gasteiger partial charge >= 0.3 is 0 Å². The molecule has 1 rings (SSSR count). The average Bonchev–Trinajstić information content (AvgIpc) is 2.90. The highest BCUT2D eigenvalue weighted by molar-refractivity contribution is 5.84. The van der Waals surface area contributed by atoms with E-state index in [-0.39, 0.29) is 5.91 Å². The largest absolute Gasteiger partial charge is 0.357 e. The monoisotopic (exact) mass is 304 g/mol. The molecule has 0 spiro atoms. The molecule has 2 N–H and O–H groups in total. The van der Waals surface area contributed by atoms with E-state index in [1.165, 1.54) is 0 Å². The minimum atomic E-state index is -2.43. The fourth-order valence-corrected chi connectivity index (χ4v) is 2.71. The Bertz CT molecular complexity index is 366. The molecule has 122 valence electrons. The molecular formula is C14H26F2N4O. The summed E-state index contributed by atoms with van der Waals surface area (Å²) in [6.45, 7) is 2.35. The van der Waals surface area contributed by atoms with Crippen LogP contribution in [0.25, 0.3) is 0 Å². The number of amides is 1. The van der Waals surface area contributed by atoms with Gasteiger partial charge in [0.25, 0.3) is 6.43 Å². The number of carbonyl (C=O) groups is 1. The summed E-state index contributed by atoms with van der Waals surface area (Å²) in [7, 11) is 3.48. The van der Waals surface area contributed by atoms with Gasteiger partial charge in [-0.25, -0.2) is 8.78 Å². The summed E-state index contributed by atoms with van der Waals surface area (Å²) in [5, 5.41) is 5.52. The zero-order valence-electron chi connectivity index (χ0n) is 13.1. The van der Waals surface area contributed by atoms with E-state index in [1.807, 2.05) is 6.92 Å². The Hall–Kier alpha value is -1.40. The molecule has 0 aromatic heterocycles. The summed E-state index contributed by atoms with van der Waals surface area (Å²) in [5.74, 6) is 0.420. The van der Waals surface area contributed by atoms with Crippen LogP contribution in [0.3, 0.4) is 0 Å². The first-order valence-corrected chi connectivity index (χ1v) is 7.43. The van der Waals surface area contributed by atoms with Crippen molar-refractivity contribution in [3.05, 3.63) is 0 Å². The van der Waals surface area contributed by atoms with E-state index in [2.05, 4.69) is 15.6 Å². The maximum Gasteiger partial charge on any atom is 0.255 e. The van der Waals surface area contributed by atoms with E-state index in [4.69, 9.17) is 0 Å². The van der Waals surface area contributed by atoms with Crippen LogP contribution in [0, 0.1) is 5.41 Å². The van der Waals surface area contributed by atoms with E-state index in [1.54, 1.807) is 19.0 Å². The van der Waals surface area contributed by atoms with Crippen molar-refractivity contribution in [3.63, 3.8) is 0 Å². The van der Waals surface area contributed by atoms with Crippen LogP contribution in [0.1, 0.15) is 32.6 Å². The van der Waals surface area contributed by atoms with E-state index in [9.17, 15) is 13.6 Å². The second-order valence-corrected chi connectivity index (χ2v) is 5.65. The lowest BCUT2D eigenvalue weighted by atomic mass is 9.85. The third-order valence-corrected chi connectivity index (χ3v) is 3.73. The van der Waals surface area contributed by atoms with Gasteiger partial charge in [-0.1, -0.05) is 12.8 Å². The van der Waals surface area contributed by atoms with E-state index in [0.29, 0.717) is 19.0 Å². The zero-order valence-corrected chi connectivity index (χ0v) is 13.1. The maximum absolute atomic E-state index is 12.4. The van der Waals surface area contributed by atoms with Crippen molar-refractivity contribution in [2.75, 3.05) is 33.7 Å². The summed E-state index contributed by atoms with van der Waals surface area (Å²) in [6, 6.07) is 0. The van der Waals surface area contributed by atoms with Crippen molar-refractivity contribution in [2.24, 2.45) is 10.4 Å². The number of rotatable bonds is 6. The number of halogens is 2. The number of hydrogen-bond acceptors (Lipinski definition) is 2. The van der Waals surface area contributed by atoms with Gasteiger partial charge < -0.3 is 15.5 Å². The maximum atomic E-state index is 12.4. The van der Waals surface area contributed by atoms with Gasteiger partial charge in [0.05, 0.1) is 18.5 Å². The summed E-state index contributed by atoms with van der Waals surface area (Å²) in [4.78, 5) is 18.4. The molecule has 5 nitrogen and oxygen atoms in total. The molecule has 0 atom stereocenters. The van der Waals surface area contributed by atoms with Gasteiger partial charge in [0, 0.05) is 20.6 Å². The molecular weight excluding hydrogens is 278 g/mol. The van der Waals surface area contributed by atoms with Crippen molar-refractivity contribution < 1.29 is 13.6 Å². The Morgan fingerprint density at radius 2 is 1.90 bits per heavy atom. The molecule has 1 aliphatic rings. The standard InChI is InChI=1S/C14H26F2N4O/c1-4-17-13(18-9-11(15)16)19-10-14(7-5-6-8-14)12(21)20(2)3/h11H,4-10H2,1-3H3,(H2,17,18,19). The van der Waals surface area contributed by atoms with E-state index < -0.39 is 18.4 Å².